The van der Waals surface area contributed by atoms with E-state index in [-0.39, 0.29) is 0 Å². The zero-order valence-corrected chi connectivity index (χ0v) is 14.4. The zero-order valence-electron chi connectivity index (χ0n) is 12.8. The van der Waals surface area contributed by atoms with Crippen LogP contribution in [0.2, 0.25) is 0 Å². The number of hydrogen-bond acceptors (Lipinski definition) is 2. The summed E-state index contributed by atoms with van der Waals surface area (Å²) in [4.78, 5) is 25.4. The predicted octanol–water partition coefficient (Wildman–Crippen LogP) is 3.47. The van der Waals surface area contributed by atoms with Crippen LogP contribution >= 0.6 is 15.9 Å². The minimum absolute atomic E-state index is 0.361. The molecule has 4 nitrogen and oxygen atoms in total. The van der Waals surface area contributed by atoms with Crippen LogP contribution in [0, 0.1) is 0 Å². The Hall–Kier alpha value is -1.62. The number of nitrogens with zero attached hydrogens (tertiary/aromatic N) is 1. The number of benzene rings is 1. The van der Waals surface area contributed by atoms with E-state index in [0.717, 1.165) is 12.0 Å². The Kier molecular flexibility index (Phi) is 6.19. The molecule has 0 aliphatic carbocycles. The highest BCUT2D eigenvalue weighted by molar-refractivity contribution is 9.10. The van der Waals surface area contributed by atoms with E-state index in [1.807, 2.05) is 12.1 Å². The van der Waals surface area contributed by atoms with Crippen LogP contribution in [0.5, 0.6) is 0 Å². The molecule has 0 unspecified atom stereocenters. The van der Waals surface area contributed by atoms with Gasteiger partial charge < -0.3 is 0 Å². The second-order valence-electron chi connectivity index (χ2n) is 5.49. The normalized spacial score (nSPS) is 10.8. The lowest BCUT2D eigenvalue weighted by Gasteiger charge is -2.07. The topological polar surface area (TPSA) is 54.9 Å². The molecule has 0 saturated carbocycles. The molecule has 0 aliphatic heterocycles. The lowest BCUT2D eigenvalue weighted by Crippen LogP contribution is -2.30. The van der Waals surface area contributed by atoms with Crippen molar-refractivity contribution in [3.05, 3.63) is 66.9 Å². The van der Waals surface area contributed by atoms with Gasteiger partial charge in [0.15, 0.2) is 0 Å². The molecule has 2 rings (SSSR count). The van der Waals surface area contributed by atoms with E-state index in [9.17, 15) is 9.59 Å². The second kappa shape index (κ2) is 8.13. The van der Waals surface area contributed by atoms with Crippen molar-refractivity contribution in [2.24, 2.45) is 0 Å². The summed E-state index contributed by atoms with van der Waals surface area (Å²) >= 11 is 3.14. The van der Waals surface area contributed by atoms with Gasteiger partial charge in [0.05, 0.1) is 11.0 Å². The van der Waals surface area contributed by atoms with Gasteiger partial charge in [0.25, 0.3) is 5.56 Å². The summed E-state index contributed by atoms with van der Waals surface area (Å²) in [6.07, 6.45) is 7.67. The molecule has 0 amide bonds. The largest absolute Gasteiger partial charge is 0.328 e. The van der Waals surface area contributed by atoms with Crippen molar-refractivity contribution in [1.29, 1.82) is 0 Å². The van der Waals surface area contributed by atoms with Crippen LogP contribution in [0.15, 0.2) is 44.5 Å². The molecule has 2 aromatic rings. The summed E-state index contributed by atoms with van der Waals surface area (Å²) in [5, 5.41) is 0. The van der Waals surface area contributed by atoms with Crippen LogP contribution < -0.4 is 11.2 Å². The third kappa shape index (κ3) is 4.70. The third-order valence-corrected chi connectivity index (χ3v) is 4.23. The van der Waals surface area contributed by atoms with Crippen molar-refractivity contribution in [1.82, 2.24) is 9.55 Å². The lowest BCUT2D eigenvalue weighted by atomic mass is 10.0. The van der Waals surface area contributed by atoms with Gasteiger partial charge in [-0.05, 0) is 39.9 Å². The van der Waals surface area contributed by atoms with E-state index >= 15 is 0 Å². The van der Waals surface area contributed by atoms with Gasteiger partial charge in [0, 0.05) is 6.20 Å². The fourth-order valence-corrected chi connectivity index (χ4v) is 2.71. The van der Waals surface area contributed by atoms with Gasteiger partial charge in [-0.1, -0.05) is 50.5 Å². The predicted molar refractivity (Wildman–Crippen MR) is 92.4 cm³/mol. The van der Waals surface area contributed by atoms with Crippen molar-refractivity contribution < 1.29 is 0 Å². The van der Waals surface area contributed by atoms with Crippen molar-refractivity contribution in [3.8, 4) is 0 Å². The molecule has 118 valence electrons. The van der Waals surface area contributed by atoms with Crippen molar-refractivity contribution in [2.75, 3.05) is 0 Å². The van der Waals surface area contributed by atoms with Crippen LogP contribution in [-0.4, -0.2) is 9.55 Å². The van der Waals surface area contributed by atoms with E-state index < -0.39 is 11.2 Å². The van der Waals surface area contributed by atoms with Crippen molar-refractivity contribution in [3.63, 3.8) is 0 Å². The molecule has 0 bridgehead atoms. The number of aromatic nitrogens is 2. The Labute approximate surface area is 138 Å². The SMILES string of the molecule is CCCCCCc1ccc(Cn2cc(Br)c(=O)[nH]c2=O)cc1. The maximum atomic E-state index is 11.8. The number of aromatic amines is 1. The molecule has 0 spiro atoms. The summed E-state index contributed by atoms with van der Waals surface area (Å²) in [5.41, 5.74) is 1.58. The lowest BCUT2D eigenvalue weighted by molar-refractivity contribution is 0.666. The highest BCUT2D eigenvalue weighted by atomic mass is 79.9. The van der Waals surface area contributed by atoms with Gasteiger partial charge in [-0.25, -0.2) is 4.79 Å². The molecule has 0 radical (unpaired) electrons. The van der Waals surface area contributed by atoms with E-state index in [1.54, 1.807) is 0 Å². The highest BCUT2D eigenvalue weighted by Gasteiger charge is 2.03. The number of halogens is 1. The maximum Gasteiger partial charge on any atom is 0.328 e. The molecule has 1 aromatic heterocycles. The summed E-state index contributed by atoms with van der Waals surface area (Å²) in [6.45, 7) is 2.66. The van der Waals surface area contributed by atoms with Crippen LogP contribution in [0.1, 0.15) is 43.7 Å². The first kappa shape index (κ1) is 16.7. The average Bonchev–Trinajstić information content (AvgIpc) is 2.51. The Bertz CT molecular complexity index is 717. The number of H-pyrrole nitrogens is 1. The van der Waals surface area contributed by atoms with Gasteiger partial charge in [0.2, 0.25) is 0 Å². The Morgan fingerprint density at radius 3 is 2.41 bits per heavy atom. The molecule has 22 heavy (non-hydrogen) atoms. The monoisotopic (exact) mass is 364 g/mol. The minimum Gasteiger partial charge on any atom is -0.295 e. The number of unbranched alkanes of at least 4 members (excludes halogenated alkanes) is 3. The standard InChI is InChI=1S/C17H21BrN2O2/c1-2-3-4-5-6-13-7-9-14(10-8-13)11-20-12-15(18)16(21)19-17(20)22/h7-10,12H,2-6,11H2,1H3,(H,19,21,22). The van der Waals surface area contributed by atoms with E-state index in [0.29, 0.717) is 11.0 Å². The molecule has 5 heteroatoms. The molecule has 1 aromatic carbocycles. The van der Waals surface area contributed by atoms with Gasteiger partial charge in [-0.2, -0.15) is 0 Å². The fraction of sp³-hybridized carbons (Fsp3) is 0.412. The Morgan fingerprint density at radius 2 is 1.73 bits per heavy atom. The van der Waals surface area contributed by atoms with Gasteiger partial charge in [0.1, 0.15) is 0 Å². The van der Waals surface area contributed by atoms with E-state index in [4.69, 9.17) is 0 Å². The number of aryl methyl sites for hydroxylation is 1. The van der Waals surface area contributed by atoms with Crippen LogP contribution in [0.3, 0.4) is 0 Å². The molecule has 0 atom stereocenters. The molecule has 1 N–H and O–H groups in total. The van der Waals surface area contributed by atoms with Gasteiger partial charge >= 0.3 is 5.69 Å². The van der Waals surface area contributed by atoms with Crippen LogP contribution in [-0.2, 0) is 13.0 Å². The first-order chi connectivity index (χ1) is 10.6. The Balaban J connectivity index is 2.01. The van der Waals surface area contributed by atoms with E-state index in [1.165, 1.54) is 42.0 Å². The third-order valence-electron chi connectivity index (χ3n) is 3.66. The average molecular weight is 365 g/mol. The van der Waals surface area contributed by atoms with Gasteiger partial charge in [-0.15, -0.1) is 0 Å². The number of hydrogen-bond donors (Lipinski definition) is 1. The number of rotatable bonds is 7. The minimum atomic E-state index is -0.399. The quantitative estimate of drug-likeness (QED) is 0.764. The zero-order chi connectivity index (χ0) is 15.9. The number of nitrogens with one attached hydrogen (secondary N) is 1. The van der Waals surface area contributed by atoms with Crippen molar-refractivity contribution in [2.45, 2.75) is 45.6 Å². The second-order valence-corrected chi connectivity index (χ2v) is 6.35. The molecule has 0 aliphatic rings. The summed E-state index contributed by atoms with van der Waals surface area (Å²) in [7, 11) is 0. The van der Waals surface area contributed by atoms with Crippen LogP contribution in [0.4, 0.5) is 0 Å². The first-order valence-corrected chi connectivity index (χ1v) is 8.46. The Morgan fingerprint density at radius 1 is 1.05 bits per heavy atom. The van der Waals surface area contributed by atoms with Crippen molar-refractivity contribution >= 4 is 15.9 Å². The van der Waals surface area contributed by atoms with E-state index in [2.05, 4.69) is 40.0 Å². The summed E-state index contributed by atoms with van der Waals surface area (Å²) < 4.78 is 1.85. The molecular weight excluding hydrogens is 344 g/mol. The first-order valence-electron chi connectivity index (χ1n) is 7.67. The highest BCUT2D eigenvalue weighted by Crippen LogP contribution is 2.10. The smallest absolute Gasteiger partial charge is 0.295 e. The fourth-order valence-electron chi connectivity index (χ4n) is 2.36. The summed E-state index contributed by atoms with van der Waals surface area (Å²) in [5.74, 6) is 0. The van der Waals surface area contributed by atoms with Gasteiger partial charge in [-0.3, -0.25) is 14.3 Å². The molecular formula is C17H21BrN2O2. The molecule has 0 fully saturated rings. The molecule has 1 heterocycles. The maximum absolute atomic E-state index is 11.8. The van der Waals surface area contributed by atoms with Crippen LogP contribution in [0.25, 0.3) is 0 Å². The summed E-state index contributed by atoms with van der Waals surface area (Å²) in [6, 6.07) is 8.32. The molecule has 0 saturated heterocycles.